The molecule has 0 aromatic carbocycles. The van der Waals surface area contributed by atoms with Crippen molar-refractivity contribution in [1.82, 2.24) is 10.2 Å². The summed E-state index contributed by atoms with van der Waals surface area (Å²) in [6.07, 6.45) is 3.00. The van der Waals surface area contributed by atoms with Gasteiger partial charge >= 0.3 is 0 Å². The maximum atomic E-state index is 11.6. The normalized spacial score (nSPS) is 10.2. The highest BCUT2D eigenvalue weighted by molar-refractivity contribution is 5.91. The summed E-state index contributed by atoms with van der Waals surface area (Å²) in [5.41, 5.74) is 0. The second-order valence-electron chi connectivity index (χ2n) is 4.25. The van der Waals surface area contributed by atoms with Gasteiger partial charge in [0, 0.05) is 20.0 Å². The van der Waals surface area contributed by atoms with Gasteiger partial charge in [-0.15, -0.1) is 0 Å². The minimum atomic E-state index is -0.295. The molecular weight excluding hydrogens is 260 g/mol. The van der Waals surface area contributed by atoms with E-state index in [9.17, 15) is 9.59 Å². The molecule has 0 aliphatic rings. The number of rotatable bonds is 6. The van der Waals surface area contributed by atoms with Crippen molar-refractivity contribution in [2.45, 2.75) is 13.5 Å². The number of furan rings is 2. The average molecular weight is 276 g/mol. The van der Waals surface area contributed by atoms with E-state index in [0.717, 1.165) is 0 Å². The Balaban J connectivity index is 1.80. The summed E-state index contributed by atoms with van der Waals surface area (Å²) in [6.45, 7) is 2.62. The lowest BCUT2D eigenvalue weighted by Crippen LogP contribution is -2.37. The fourth-order valence-corrected chi connectivity index (χ4v) is 1.74. The van der Waals surface area contributed by atoms with Crippen molar-refractivity contribution in [3.8, 4) is 0 Å². The Kier molecular flexibility index (Phi) is 4.60. The van der Waals surface area contributed by atoms with Crippen molar-refractivity contribution in [1.29, 1.82) is 0 Å². The Morgan fingerprint density at radius 1 is 1.20 bits per heavy atom. The molecule has 0 saturated carbocycles. The third kappa shape index (κ3) is 3.74. The van der Waals surface area contributed by atoms with Crippen LogP contribution >= 0.6 is 0 Å². The van der Waals surface area contributed by atoms with E-state index in [-0.39, 0.29) is 17.6 Å². The molecule has 6 heteroatoms. The van der Waals surface area contributed by atoms with Gasteiger partial charge in [0.25, 0.3) is 5.91 Å². The SMILES string of the molecule is CC(=O)N(CCNC(=O)c1ccco1)Cc1ccco1. The fourth-order valence-electron chi connectivity index (χ4n) is 1.74. The largest absolute Gasteiger partial charge is 0.467 e. The van der Waals surface area contributed by atoms with Crippen LogP contribution < -0.4 is 5.32 Å². The zero-order chi connectivity index (χ0) is 14.4. The maximum Gasteiger partial charge on any atom is 0.287 e. The fraction of sp³-hybridized carbons (Fsp3) is 0.286. The van der Waals surface area contributed by atoms with E-state index in [2.05, 4.69) is 5.32 Å². The molecule has 0 aliphatic carbocycles. The van der Waals surface area contributed by atoms with Gasteiger partial charge in [-0.2, -0.15) is 0 Å². The van der Waals surface area contributed by atoms with Crippen LogP contribution in [0.4, 0.5) is 0 Å². The van der Waals surface area contributed by atoms with Crippen LogP contribution in [0.5, 0.6) is 0 Å². The van der Waals surface area contributed by atoms with Crippen molar-refractivity contribution < 1.29 is 18.4 Å². The van der Waals surface area contributed by atoms with Gasteiger partial charge in [0.1, 0.15) is 5.76 Å². The Bertz CT molecular complexity index is 546. The van der Waals surface area contributed by atoms with Gasteiger partial charge in [-0.25, -0.2) is 0 Å². The van der Waals surface area contributed by atoms with Crippen molar-refractivity contribution in [2.75, 3.05) is 13.1 Å². The zero-order valence-corrected chi connectivity index (χ0v) is 11.2. The molecule has 2 rings (SSSR count). The van der Waals surface area contributed by atoms with Crippen LogP contribution in [-0.2, 0) is 11.3 Å². The van der Waals surface area contributed by atoms with Crippen LogP contribution in [0.3, 0.4) is 0 Å². The number of hydrogen-bond donors (Lipinski definition) is 1. The number of carbonyl (C=O) groups excluding carboxylic acids is 2. The number of hydrogen-bond acceptors (Lipinski definition) is 4. The van der Waals surface area contributed by atoms with Gasteiger partial charge in [-0.05, 0) is 24.3 Å². The first-order valence-electron chi connectivity index (χ1n) is 6.26. The molecule has 0 fully saturated rings. The van der Waals surface area contributed by atoms with E-state index in [1.54, 1.807) is 35.4 Å². The van der Waals surface area contributed by atoms with Gasteiger partial charge < -0.3 is 19.1 Å². The Morgan fingerprint density at radius 2 is 1.95 bits per heavy atom. The molecule has 0 aliphatic heterocycles. The van der Waals surface area contributed by atoms with Crippen LogP contribution in [0.15, 0.2) is 45.6 Å². The predicted octanol–water partition coefficient (Wildman–Crippen LogP) is 1.65. The van der Waals surface area contributed by atoms with Crippen molar-refractivity contribution in [3.05, 3.63) is 48.3 Å². The molecule has 106 valence electrons. The first-order chi connectivity index (χ1) is 9.66. The standard InChI is InChI=1S/C14H16N2O4/c1-11(17)16(10-12-4-2-8-19-12)7-6-15-14(18)13-5-3-9-20-13/h2-5,8-9H,6-7,10H2,1H3,(H,15,18). The summed E-state index contributed by atoms with van der Waals surface area (Å²) in [5.74, 6) is 0.591. The molecule has 0 saturated heterocycles. The van der Waals surface area contributed by atoms with Crippen LogP contribution in [-0.4, -0.2) is 29.8 Å². The lowest BCUT2D eigenvalue weighted by Gasteiger charge is -2.19. The summed E-state index contributed by atoms with van der Waals surface area (Å²) in [4.78, 5) is 24.8. The van der Waals surface area contributed by atoms with E-state index in [1.807, 2.05) is 0 Å². The van der Waals surface area contributed by atoms with Crippen molar-refractivity contribution >= 4 is 11.8 Å². The molecule has 0 atom stereocenters. The second-order valence-corrected chi connectivity index (χ2v) is 4.25. The van der Waals surface area contributed by atoms with E-state index < -0.39 is 0 Å². The molecule has 2 aromatic heterocycles. The summed E-state index contributed by atoms with van der Waals surface area (Å²) in [7, 11) is 0. The monoisotopic (exact) mass is 276 g/mol. The number of nitrogens with one attached hydrogen (secondary N) is 1. The maximum absolute atomic E-state index is 11.6. The molecule has 1 N–H and O–H groups in total. The number of amides is 2. The molecule has 2 aromatic rings. The van der Waals surface area contributed by atoms with Crippen LogP contribution in [0.1, 0.15) is 23.2 Å². The molecule has 2 amide bonds. The summed E-state index contributed by atoms with van der Waals surface area (Å²) >= 11 is 0. The Morgan fingerprint density at radius 3 is 2.55 bits per heavy atom. The quantitative estimate of drug-likeness (QED) is 0.870. The van der Waals surface area contributed by atoms with Crippen LogP contribution in [0.25, 0.3) is 0 Å². The second kappa shape index (κ2) is 6.60. The van der Waals surface area contributed by atoms with Crippen molar-refractivity contribution in [3.63, 3.8) is 0 Å². The first-order valence-corrected chi connectivity index (χ1v) is 6.26. The Labute approximate surface area is 116 Å². The predicted molar refractivity (Wildman–Crippen MR) is 70.8 cm³/mol. The van der Waals surface area contributed by atoms with E-state index in [0.29, 0.717) is 25.4 Å². The molecule has 0 spiro atoms. The summed E-state index contributed by atoms with van der Waals surface area (Å²) in [5, 5.41) is 2.69. The van der Waals surface area contributed by atoms with E-state index >= 15 is 0 Å². The lowest BCUT2D eigenvalue weighted by atomic mass is 10.3. The van der Waals surface area contributed by atoms with Gasteiger partial charge in [0.15, 0.2) is 5.76 Å². The molecule has 0 unspecified atom stereocenters. The lowest BCUT2D eigenvalue weighted by molar-refractivity contribution is -0.129. The molecule has 2 heterocycles. The smallest absolute Gasteiger partial charge is 0.287 e. The molecule has 0 radical (unpaired) electrons. The average Bonchev–Trinajstić information content (AvgIpc) is 3.10. The highest BCUT2D eigenvalue weighted by atomic mass is 16.3. The highest BCUT2D eigenvalue weighted by Gasteiger charge is 2.12. The highest BCUT2D eigenvalue weighted by Crippen LogP contribution is 2.05. The first kappa shape index (κ1) is 13.9. The summed E-state index contributed by atoms with van der Waals surface area (Å²) in [6, 6.07) is 6.80. The number of carbonyl (C=O) groups is 2. The van der Waals surface area contributed by atoms with Gasteiger partial charge in [-0.3, -0.25) is 9.59 Å². The van der Waals surface area contributed by atoms with Crippen LogP contribution in [0, 0.1) is 0 Å². The third-order valence-electron chi connectivity index (χ3n) is 2.78. The minimum Gasteiger partial charge on any atom is -0.467 e. The Hall–Kier alpha value is -2.50. The topological polar surface area (TPSA) is 75.7 Å². The van der Waals surface area contributed by atoms with Gasteiger partial charge in [-0.1, -0.05) is 0 Å². The van der Waals surface area contributed by atoms with Gasteiger partial charge in [0.05, 0.1) is 19.1 Å². The minimum absolute atomic E-state index is 0.0753. The molecule has 20 heavy (non-hydrogen) atoms. The van der Waals surface area contributed by atoms with Crippen LogP contribution in [0.2, 0.25) is 0 Å². The van der Waals surface area contributed by atoms with Gasteiger partial charge in [0.2, 0.25) is 5.91 Å². The van der Waals surface area contributed by atoms with Crippen molar-refractivity contribution in [2.24, 2.45) is 0 Å². The van der Waals surface area contributed by atoms with E-state index in [1.165, 1.54) is 13.2 Å². The third-order valence-corrected chi connectivity index (χ3v) is 2.78. The summed E-state index contributed by atoms with van der Waals surface area (Å²) < 4.78 is 10.2. The molecular formula is C14H16N2O4. The number of nitrogens with zero attached hydrogens (tertiary/aromatic N) is 1. The molecule has 6 nitrogen and oxygen atoms in total. The van der Waals surface area contributed by atoms with E-state index in [4.69, 9.17) is 8.83 Å². The molecule has 0 bridgehead atoms. The zero-order valence-electron chi connectivity index (χ0n) is 11.2.